The third-order valence-electron chi connectivity index (χ3n) is 6.21. The number of amides is 2. The molecule has 31 heavy (non-hydrogen) atoms. The van der Waals surface area contributed by atoms with Gasteiger partial charge in [-0.05, 0) is 43.5 Å². The van der Waals surface area contributed by atoms with Crippen molar-refractivity contribution in [2.24, 2.45) is 0 Å². The largest absolute Gasteiger partial charge is 0.493 e. The number of nitrogens with one attached hydrogen (secondary N) is 3. The van der Waals surface area contributed by atoms with Gasteiger partial charge in [0.05, 0.1) is 26.8 Å². The minimum absolute atomic E-state index is 0.0481. The molecule has 1 heterocycles. The van der Waals surface area contributed by atoms with Crippen LogP contribution in [0.25, 0.3) is 0 Å². The molecule has 0 saturated carbocycles. The predicted molar refractivity (Wildman–Crippen MR) is 123 cm³/mol. The minimum atomic E-state index is -0.114. The van der Waals surface area contributed by atoms with Crippen LogP contribution in [-0.2, 0) is 13.0 Å². The van der Waals surface area contributed by atoms with E-state index in [9.17, 15) is 4.79 Å². The molecule has 6 heteroatoms. The van der Waals surface area contributed by atoms with Crippen LogP contribution in [0.2, 0.25) is 0 Å². The van der Waals surface area contributed by atoms with Crippen LogP contribution in [0.3, 0.4) is 0 Å². The highest BCUT2D eigenvalue weighted by molar-refractivity contribution is 5.74. The van der Waals surface area contributed by atoms with Gasteiger partial charge in [-0.1, -0.05) is 31.2 Å². The highest BCUT2D eigenvalue weighted by atomic mass is 16.5. The van der Waals surface area contributed by atoms with Crippen molar-refractivity contribution in [1.82, 2.24) is 10.6 Å². The van der Waals surface area contributed by atoms with Crippen LogP contribution in [0, 0.1) is 6.92 Å². The molecule has 0 spiro atoms. The quantitative estimate of drug-likeness (QED) is 0.608. The van der Waals surface area contributed by atoms with E-state index in [0.717, 1.165) is 37.4 Å². The average molecular weight is 427 g/mol. The summed E-state index contributed by atoms with van der Waals surface area (Å²) in [5.74, 6) is 1.48. The number of rotatable bonds is 8. The molecule has 6 nitrogen and oxygen atoms in total. The van der Waals surface area contributed by atoms with Gasteiger partial charge in [0.15, 0.2) is 11.5 Å². The Morgan fingerprint density at radius 2 is 1.90 bits per heavy atom. The van der Waals surface area contributed by atoms with E-state index < -0.39 is 0 Å². The first kappa shape index (κ1) is 22.9. The molecule has 1 aliphatic heterocycles. The fraction of sp³-hybridized carbons (Fsp3) is 0.480. The van der Waals surface area contributed by atoms with E-state index in [1.807, 2.05) is 0 Å². The fourth-order valence-corrected chi connectivity index (χ4v) is 4.57. The number of carbonyl (C=O) groups is 1. The molecule has 0 bridgehead atoms. The molecule has 168 valence electrons. The number of aryl methyl sites for hydroxylation is 1. The van der Waals surface area contributed by atoms with Gasteiger partial charge in [-0.15, -0.1) is 0 Å². The number of benzene rings is 2. The summed E-state index contributed by atoms with van der Waals surface area (Å²) < 4.78 is 11.1. The van der Waals surface area contributed by atoms with Gasteiger partial charge in [0, 0.05) is 24.1 Å². The normalized spacial score (nSPS) is 18.6. The molecule has 0 fully saturated rings. The predicted octanol–water partition coefficient (Wildman–Crippen LogP) is 2.79. The summed E-state index contributed by atoms with van der Waals surface area (Å²) in [5, 5.41) is 6.12. The second-order valence-corrected chi connectivity index (χ2v) is 8.33. The van der Waals surface area contributed by atoms with Gasteiger partial charge in [0.25, 0.3) is 0 Å². The van der Waals surface area contributed by atoms with Gasteiger partial charge in [-0.25, -0.2) is 4.79 Å². The molecule has 3 atom stereocenters. The average Bonchev–Trinajstić information content (AvgIpc) is 2.77. The van der Waals surface area contributed by atoms with Crippen molar-refractivity contribution in [2.45, 2.75) is 52.2 Å². The minimum Gasteiger partial charge on any atom is -0.493 e. The second kappa shape index (κ2) is 10.5. The third-order valence-corrected chi connectivity index (χ3v) is 6.21. The first-order chi connectivity index (χ1) is 15.0. The van der Waals surface area contributed by atoms with Crippen LogP contribution in [-0.4, -0.2) is 39.4 Å². The SMILES string of the molecule is CCCNC(=O)N[C@@H](C)[C@H]1c2cc(OC)c(OC)cc2CC[NH+]1Cc1ccccc1C. The zero-order chi connectivity index (χ0) is 22.4. The van der Waals surface area contributed by atoms with Gasteiger partial charge in [0.1, 0.15) is 12.6 Å². The summed E-state index contributed by atoms with van der Waals surface area (Å²) in [6, 6.07) is 12.7. The molecule has 3 rings (SSSR count). The fourth-order valence-electron chi connectivity index (χ4n) is 4.57. The first-order valence-corrected chi connectivity index (χ1v) is 11.2. The van der Waals surface area contributed by atoms with E-state index in [-0.39, 0.29) is 18.1 Å². The lowest BCUT2D eigenvalue weighted by atomic mass is 9.87. The van der Waals surface area contributed by atoms with E-state index in [2.05, 4.69) is 67.8 Å². The zero-order valence-corrected chi connectivity index (χ0v) is 19.4. The molecule has 2 aromatic rings. The third kappa shape index (κ3) is 5.31. The highest BCUT2D eigenvalue weighted by Crippen LogP contribution is 2.35. The number of fused-ring (bicyclic) bond motifs is 1. The molecule has 2 aromatic carbocycles. The summed E-state index contributed by atoms with van der Waals surface area (Å²) in [5.41, 5.74) is 5.12. The molecule has 0 radical (unpaired) electrons. The Morgan fingerprint density at radius 1 is 1.19 bits per heavy atom. The maximum absolute atomic E-state index is 12.4. The van der Waals surface area contributed by atoms with Crippen molar-refractivity contribution in [2.75, 3.05) is 27.3 Å². The van der Waals surface area contributed by atoms with Crippen molar-refractivity contribution in [3.05, 3.63) is 58.7 Å². The van der Waals surface area contributed by atoms with Crippen molar-refractivity contribution in [3.8, 4) is 11.5 Å². The van der Waals surface area contributed by atoms with Crippen molar-refractivity contribution in [3.63, 3.8) is 0 Å². The number of carbonyl (C=O) groups excluding carboxylic acids is 1. The Balaban J connectivity index is 1.95. The van der Waals surface area contributed by atoms with Gasteiger partial charge < -0.3 is 25.0 Å². The number of quaternary nitrogens is 1. The topological polar surface area (TPSA) is 64.0 Å². The van der Waals surface area contributed by atoms with E-state index in [0.29, 0.717) is 6.54 Å². The van der Waals surface area contributed by atoms with E-state index >= 15 is 0 Å². The van der Waals surface area contributed by atoms with Gasteiger partial charge in [-0.3, -0.25) is 0 Å². The summed E-state index contributed by atoms with van der Waals surface area (Å²) in [4.78, 5) is 13.9. The smallest absolute Gasteiger partial charge is 0.315 e. The molecule has 1 aliphatic rings. The van der Waals surface area contributed by atoms with Crippen LogP contribution >= 0.6 is 0 Å². The molecule has 0 aliphatic carbocycles. The monoisotopic (exact) mass is 426 g/mol. The van der Waals surface area contributed by atoms with Crippen LogP contribution in [0.4, 0.5) is 4.79 Å². The molecule has 3 N–H and O–H groups in total. The number of urea groups is 1. The van der Waals surface area contributed by atoms with Crippen LogP contribution in [0.15, 0.2) is 36.4 Å². The second-order valence-electron chi connectivity index (χ2n) is 8.33. The Kier molecular flexibility index (Phi) is 7.80. The Bertz CT molecular complexity index is 900. The standard InChI is InChI=1S/C25H35N3O3/c1-6-12-26-25(29)27-18(3)24-21-15-23(31-5)22(30-4)14-19(21)11-13-28(24)16-20-10-8-7-9-17(20)2/h7-10,14-15,18,24H,6,11-13,16H2,1-5H3,(H2,26,27,29)/p+1/t18-,24-/m0/s1. The lowest BCUT2D eigenvalue weighted by molar-refractivity contribution is -0.948. The molecular weight excluding hydrogens is 390 g/mol. The number of hydrogen-bond acceptors (Lipinski definition) is 3. The molecule has 0 saturated heterocycles. The van der Waals surface area contributed by atoms with Gasteiger partial charge >= 0.3 is 6.03 Å². The highest BCUT2D eigenvalue weighted by Gasteiger charge is 2.37. The lowest BCUT2D eigenvalue weighted by Crippen LogP contribution is -3.13. The Morgan fingerprint density at radius 3 is 2.58 bits per heavy atom. The lowest BCUT2D eigenvalue weighted by Gasteiger charge is -2.38. The molecule has 1 unspecified atom stereocenters. The van der Waals surface area contributed by atoms with E-state index in [1.54, 1.807) is 14.2 Å². The van der Waals surface area contributed by atoms with Crippen molar-refractivity contribution >= 4 is 6.03 Å². The summed E-state index contributed by atoms with van der Waals surface area (Å²) in [7, 11) is 3.34. The van der Waals surface area contributed by atoms with E-state index in [4.69, 9.17) is 9.47 Å². The maximum atomic E-state index is 12.4. The zero-order valence-electron chi connectivity index (χ0n) is 19.4. The first-order valence-electron chi connectivity index (χ1n) is 11.2. The number of methoxy groups -OCH3 is 2. The number of hydrogen-bond donors (Lipinski definition) is 3. The van der Waals surface area contributed by atoms with Gasteiger partial charge in [-0.2, -0.15) is 0 Å². The van der Waals surface area contributed by atoms with Crippen LogP contribution < -0.4 is 25.0 Å². The summed E-state index contributed by atoms with van der Waals surface area (Å²) in [6.45, 7) is 8.88. The molecule has 0 aromatic heterocycles. The van der Waals surface area contributed by atoms with Crippen LogP contribution in [0.1, 0.15) is 48.6 Å². The maximum Gasteiger partial charge on any atom is 0.315 e. The van der Waals surface area contributed by atoms with Gasteiger partial charge in [0.2, 0.25) is 0 Å². The molecule has 2 amide bonds. The van der Waals surface area contributed by atoms with Crippen molar-refractivity contribution < 1.29 is 19.2 Å². The molecular formula is C25H36N3O3+. The van der Waals surface area contributed by atoms with Crippen LogP contribution in [0.5, 0.6) is 11.5 Å². The number of ether oxygens (including phenoxy) is 2. The van der Waals surface area contributed by atoms with Crippen molar-refractivity contribution in [1.29, 1.82) is 0 Å². The summed E-state index contributed by atoms with van der Waals surface area (Å²) >= 11 is 0. The van der Waals surface area contributed by atoms with E-state index in [1.165, 1.54) is 27.2 Å². The summed E-state index contributed by atoms with van der Waals surface area (Å²) in [6.07, 6.45) is 1.87. The Hall–Kier alpha value is -2.73. The Labute approximate surface area is 185 Å².